The van der Waals surface area contributed by atoms with Gasteiger partial charge >= 0.3 is 5.97 Å². The van der Waals surface area contributed by atoms with Gasteiger partial charge in [0.05, 0.1) is 25.4 Å². The van der Waals surface area contributed by atoms with Crippen LogP contribution in [0.25, 0.3) is 0 Å². The van der Waals surface area contributed by atoms with Gasteiger partial charge in [-0.2, -0.15) is 0 Å². The minimum absolute atomic E-state index is 0.000451. The van der Waals surface area contributed by atoms with Gasteiger partial charge in [0.15, 0.2) is 0 Å². The van der Waals surface area contributed by atoms with E-state index in [9.17, 15) is 19.8 Å². The molecule has 2 unspecified atom stereocenters. The van der Waals surface area contributed by atoms with E-state index in [-0.39, 0.29) is 18.5 Å². The molecule has 416 valence electrons. The molecule has 3 N–H and O–H groups in total. The van der Waals surface area contributed by atoms with Crippen LogP contribution in [-0.2, 0) is 14.3 Å². The minimum atomic E-state index is -0.666. The topological polar surface area (TPSA) is 95.9 Å². The highest BCUT2D eigenvalue weighted by Gasteiger charge is 2.20. The van der Waals surface area contributed by atoms with Crippen LogP contribution in [0.15, 0.2) is 12.2 Å². The number of carbonyl (C=O) groups excluding carboxylic acids is 2. The zero-order chi connectivity index (χ0) is 50.7. The van der Waals surface area contributed by atoms with Crippen LogP contribution in [0.3, 0.4) is 0 Å². The Morgan fingerprint density at radius 2 is 0.686 bits per heavy atom. The van der Waals surface area contributed by atoms with E-state index >= 15 is 0 Å². The fourth-order valence-corrected chi connectivity index (χ4v) is 10.2. The molecule has 0 rings (SSSR count). The molecule has 0 fully saturated rings. The van der Waals surface area contributed by atoms with Crippen molar-refractivity contribution in [3.05, 3.63) is 12.2 Å². The third kappa shape index (κ3) is 55.9. The molecule has 0 aliphatic heterocycles. The molecule has 0 spiro atoms. The van der Waals surface area contributed by atoms with E-state index in [0.717, 1.165) is 44.9 Å². The van der Waals surface area contributed by atoms with Crippen LogP contribution in [0.2, 0.25) is 0 Å². The predicted molar refractivity (Wildman–Crippen MR) is 306 cm³/mol. The maximum absolute atomic E-state index is 12.5. The number of esters is 1. The Bertz CT molecular complexity index is 1050. The van der Waals surface area contributed by atoms with Crippen molar-refractivity contribution in [1.82, 2.24) is 5.32 Å². The van der Waals surface area contributed by atoms with Crippen molar-refractivity contribution in [3.8, 4) is 0 Å². The molecule has 2 atom stereocenters. The van der Waals surface area contributed by atoms with Gasteiger partial charge in [-0.3, -0.25) is 9.59 Å². The number of hydrogen-bond donors (Lipinski definition) is 3. The van der Waals surface area contributed by atoms with E-state index < -0.39 is 12.1 Å². The Labute approximate surface area is 438 Å². The number of aliphatic hydroxyl groups is 2. The Balaban J connectivity index is 3.40. The van der Waals surface area contributed by atoms with Gasteiger partial charge in [-0.15, -0.1) is 0 Å². The highest BCUT2D eigenvalue weighted by molar-refractivity contribution is 5.76. The summed E-state index contributed by atoms with van der Waals surface area (Å²) in [6.45, 7) is 4.94. The standard InChI is InChI=1S/C64H125NO5/c1-3-5-7-9-11-13-15-16-17-18-19-20-21-24-27-30-33-37-40-44-48-52-56-62(67)61(60-66)65-63(68)57-53-49-45-41-38-34-31-28-25-22-23-26-29-32-35-39-43-47-51-55-59-70-64(69)58-54-50-46-42-36-14-12-10-8-6-4-2/h10,12,61-62,66-67H,3-9,11,13-60H2,1-2H3,(H,65,68)/b12-10-. The zero-order valence-electron chi connectivity index (χ0n) is 47.5. The summed E-state index contributed by atoms with van der Waals surface area (Å²) in [4.78, 5) is 24.5. The van der Waals surface area contributed by atoms with Crippen LogP contribution >= 0.6 is 0 Å². The maximum atomic E-state index is 12.5. The van der Waals surface area contributed by atoms with Crippen molar-refractivity contribution < 1.29 is 24.5 Å². The molecule has 1 amide bonds. The van der Waals surface area contributed by atoms with Crippen molar-refractivity contribution >= 4 is 11.9 Å². The second kappa shape index (κ2) is 60.2. The second-order valence-corrected chi connectivity index (χ2v) is 22.1. The average Bonchev–Trinajstić information content (AvgIpc) is 3.36. The average molecular weight is 989 g/mol. The Hall–Kier alpha value is -1.40. The fourth-order valence-electron chi connectivity index (χ4n) is 10.2. The smallest absolute Gasteiger partial charge is 0.305 e. The quantitative estimate of drug-likeness (QED) is 0.0321. The van der Waals surface area contributed by atoms with Gasteiger partial charge in [0.25, 0.3) is 0 Å². The van der Waals surface area contributed by atoms with Crippen molar-refractivity contribution in [2.75, 3.05) is 13.2 Å². The summed E-state index contributed by atoms with van der Waals surface area (Å²) in [6, 6.07) is -0.543. The summed E-state index contributed by atoms with van der Waals surface area (Å²) >= 11 is 0. The summed E-state index contributed by atoms with van der Waals surface area (Å²) in [5.74, 6) is -0.0322. The van der Waals surface area contributed by atoms with Crippen LogP contribution in [0.5, 0.6) is 0 Å². The minimum Gasteiger partial charge on any atom is -0.466 e. The number of allylic oxidation sites excluding steroid dienone is 2. The highest BCUT2D eigenvalue weighted by Crippen LogP contribution is 2.19. The number of unbranched alkanes of at least 4 members (excludes halogenated alkanes) is 47. The normalized spacial score (nSPS) is 12.6. The number of rotatable bonds is 60. The van der Waals surface area contributed by atoms with E-state index in [0.29, 0.717) is 25.9 Å². The summed E-state index contributed by atoms with van der Waals surface area (Å²) in [5.41, 5.74) is 0. The predicted octanol–water partition coefficient (Wildman–Crippen LogP) is 20.0. The molecule has 0 aromatic carbocycles. The van der Waals surface area contributed by atoms with Crippen molar-refractivity contribution in [1.29, 1.82) is 0 Å². The van der Waals surface area contributed by atoms with Gasteiger partial charge in [0.2, 0.25) is 5.91 Å². The second-order valence-electron chi connectivity index (χ2n) is 22.1. The molecule has 0 bridgehead atoms. The molecule has 70 heavy (non-hydrogen) atoms. The molecule has 0 aliphatic carbocycles. The number of amides is 1. The monoisotopic (exact) mass is 988 g/mol. The molecule has 6 nitrogen and oxygen atoms in total. The Kier molecular flexibility index (Phi) is 59.0. The lowest BCUT2D eigenvalue weighted by molar-refractivity contribution is -0.143. The molecule has 0 heterocycles. The van der Waals surface area contributed by atoms with Gasteiger partial charge in [0.1, 0.15) is 0 Å². The molecule has 0 radical (unpaired) electrons. The largest absolute Gasteiger partial charge is 0.466 e. The lowest BCUT2D eigenvalue weighted by Gasteiger charge is -2.22. The van der Waals surface area contributed by atoms with E-state index in [1.54, 1.807) is 0 Å². The summed E-state index contributed by atoms with van der Waals surface area (Å²) < 4.78 is 5.46. The summed E-state index contributed by atoms with van der Waals surface area (Å²) in [5, 5.41) is 23.4. The molecule has 6 heteroatoms. The highest BCUT2D eigenvalue weighted by atomic mass is 16.5. The summed E-state index contributed by atoms with van der Waals surface area (Å²) in [7, 11) is 0. The fraction of sp³-hybridized carbons (Fsp3) is 0.938. The van der Waals surface area contributed by atoms with Crippen LogP contribution < -0.4 is 5.32 Å². The molecular weight excluding hydrogens is 863 g/mol. The Morgan fingerprint density at radius 3 is 1.06 bits per heavy atom. The molecular formula is C64H125NO5. The Morgan fingerprint density at radius 1 is 0.386 bits per heavy atom. The zero-order valence-corrected chi connectivity index (χ0v) is 47.5. The number of hydrogen-bond acceptors (Lipinski definition) is 5. The van der Waals surface area contributed by atoms with E-state index in [1.807, 2.05) is 0 Å². The maximum Gasteiger partial charge on any atom is 0.305 e. The van der Waals surface area contributed by atoms with Gasteiger partial charge in [-0.25, -0.2) is 0 Å². The molecule has 0 saturated heterocycles. The lowest BCUT2D eigenvalue weighted by atomic mass is 10.0. The SMILES string of the molecule is CCCC/C=C\CCCCCCCC(=O)OCCCCCCCCCCCCCCCCCCCCCCC(=O)NC(CO)C(O)CCCCCCCCCCCCCCCCCCCCCCCC. The van der Waals surface area contributed by atoms with Crippen LogP contribution in [-0.4, -0.2) is 47.4 Å². The summed E-state index contributed by atoms with van der Waals surface area (Å²) in [6.07, 6.45) is 72.3. The van der Waals surface area contributed by atoms with Crippen LogP contribution in [0, 0.1) is 0 Å². The first-order chi connectivity index (χ1) is 34.5. The van der Waals surface area contributed by atoms with Gasteiger partial charge in [0, 0.05) is 12.8 Å². The van der Waals surface area contributed by atoms with Crippen molar-refractivity contribution in [2.45, 2.75) is 373 Å². The van der Waals surface area contributed by atoms with Gasteiger partial charge in [-0.05, 0) is 44.9 Å². The first-order valence-corrected chi connectivity index (χ1v) is 31.9. The van der Waals surface area contributed by atoms with Gasteiger partial charge < -0.3 is 20.3 Å². The molecule has 0 aromatic heterocycles. The molecule has 0 aromatic rings. The number of carbonyl (C=O) groups is 2. The van der Waals surface area contributed by atoms with Crippen molar-refractivity contribution in [3.63, 3.8) is 0 Å². The lowest BCUT2D eigenvalue weighted by Crippen LogP contribution is -2.45. The molecule has 0 aliphatic rings. The van der Waals surface area contributed by atoms with Crippen LogP contribution in [0.4, 0.5) is 0 Å². The number of nitrogens with one attached hydrogen (secondary N) is 1. The first kappa shape index (κ1) is 68.6. The number of aliphatic hydroxyl groups excluding tert-OH is 2. The third-order valence-electron chi connectivity index (χ3n) is 15.1. The first-order valence-electron chi connectivity index (χ1n) is 31.9. The van der Waals surface area contributed by atoms with Gasteiger partial charge in [-0.1, -0.05) is 315 Å². The third-order valence-corrected chi connectivity index (χ3v) is 15.1. The van der Waals surface area contributed by atoms with E-state index in [1.165, 1.54) is 283 Å². The molecule has 0 saturated carbocycles. The van der Waals surface area contributed by atoms with E-state index in [2.05, 4.69) is 31.3 Å². The van der Waals surface area contributed by atoms with Crippen molar-refractivity contribution in [2.24, 2.45) is 0 Å². The van der Waals surface area contributed by atoms with E-state index in [4.69, 9.17) is 4.74 Å². The number of ether oxygens (including phenoxy) is 1. The van der Waals surface area contributed by atoms with Crippen LogP contribution in [0.1, 0.15) is 361 Å².